The van der Waals surface area contributed by atoms with E-state index in [0.717, 1.165) is 21.7 Å². The molecule has 0 atom stereocenters. The predicted octanol–water partition coefficient (Wildman–Crippen LogP) is 7.71. The lowest BCUT2D eigenvalue weighted by Gasteiger charge is -2.33. The fourth-order valence-corrected chi connectivity index (χ4v) is 8.44. The van der Waals surface area contributed by atoms with E-state index in [4.69, 9.17) is 49.5 Å². The Bertz CT molecular complexity index is 1510. The highest BCUT2D eigenvalue weighted by atomic mass is 35.5. The molecule has 0 fully saturated rings. The predicted molar refractivity (Wildman–Crippen MR) is 208 cm³/mol. The van der Waals surface area contributed by atoms with Crippen molar-refractivity contribution in [2.45, 2.75) is 78.6 Å². The lowest BCUT2D eigenvalue weighted by molar-refractivity contribution is -0.00873. The van der Waals surface area contributed by atoms with Crippen LogP contribution in [0.3, 0.4) is 0 Å². The zero-order chi connectivity index (χ0) is 38.1. The smallest absolute Gasteiger partial charge is 0.189 e. The molecule has 3 aromatic carbocycles. The van der Waals surface area contributed by atoms with Crippen LogP contribution < -0.4 is 34.9 Å². The first-order chi connectivity index (χ1) is 23.9. The Balaban J connectivity index is 2.59. The molecule has 0 aliphatic carbocycles. The number of aromatic hydroxyl groups is 1. The van der Waals surface area contributed by atoms with Crippen molar-refractivity contribution >= 4 is 35.4 Å². The van der Waals surface area contributed by atoms with E-state index in [0.29, 0.717) is 65.3 Å². The first-order valence-electron chi connectivity index (χ1n) is 17.1. The van der Waals surface area contributed by atoms with Crippen LogP contribution in [0.15, 0.2) is 36.4 Å². The van der Waals surface area contributed by atoms with Gasteiger partial charge in [0.05, 0.1) is 40.6 Å². The van der Waals surface area contributed by atoms with Crippen molar-refractivity contribution in [2.24, 2.45) is 0 Å². The third kappa shape index (κ3) is 11.1. The van der Waals surface area contributed by atoms with E-state index < -0.39 is 13.3 Å². The molecular weight excluding hydrogens is 691 g/mol. The lowest BCUT2D eigenvalue weighted by Crippen LogP contribution is -2.30. The highest BCUT2D eigenvalue weighted by Crippen LogP contribution is 2.50. The molecule has 0 aliphatic heterocycles. The molecule has 3 aromatic rings. The van der Waals surface area contributed by atoms with E-state index in [2.05, 4.69) is 62.3 Å². The maximum atomic E-state index is 12.3. The Morgan fingerprint density at radius 3 is 1.31 bits per heavy atom. The fraction of sp³-hybridized carbons (Fsp3) is 0.550. The summed E-state index contributed by atoms with van der Waals surface area (Å²) in [5.74, 6) is 2.65. The van der Waals surface area contributed by atoms with Gasteiger partial charge in [0.1, 0.15) is 28.7 Å². The van der Waals surface area contributed by atoms with Gasteiger partial charge in [-0.1, -0.05) is 73.9 Å². The van der Waals surface area contributed by atoms with Crippen LogP contribution in [0.25, 0.3) is 0 Å². The molecule has 3 rings (SSSR count). The Kier molecular flexibility index (Phi) is 15.3. The van der Waals surface area contributed by atoms with E-state index in [9.17, 15) is 5.11 Å². The van der Waals surface area contributed by atoms with Crippen molar-refractivity contribution < 1.29 is 43.0 Å². The van der Waals surface area contributed by atoms with Gasteiger partial charge in [-0.3, -0.25) is 0 Å². The second kappa shape index (κ2) is 18.3. The summed E-state index contributed by atoms with van der Waals surface area (Å²) in [6.07, 6.45) is 0. The molecule has 0 saturated carbocycles. The fourth-order valence-electron chi connectivity index (χ4n) is 5.48. The molecule has 284 valence electrons. The number of methoxy groups -OCH3 is 4. The van der Waals surface area contributed by atoms with Crippen molar-refractivity contribution in [3.8, 4) is 28.7 Å². The van der Waals surface area contributed by atoms with Gasteiger partial charge in [-0.2, -0.15) is 0 Å². The number of hydrogen-bond donors (Lipinski definition) is 1. The molecule has 0 unspecified atom stereocenters. The maximum Gasteiger partial charge on any atom is 0.189 e. The zero-order valence-electron chi connectivity index (χ0n) is 32.7. The van der Waals surface area contributed by atoms with Crippen molar-refractivity contribution in [3.63, 3.8) is 0 Å². The second-order valence-corrected chi connectivity index (χ2v) is 17.8. The number of phenolic OH excluding ortho intramolecular Hbond substituents is 1. The van der Waals surface area contributed by atoms with Gasteiger partial charge in [0.15, 0.2) is 13.6 Å². The van der Waals surface area contributed by atoms with E-state index in [-0.39, 0.29) is 30.2 Å². The average molecular weight is 749 g/mol. The quantitative estimate of drug-likeness (QED) is 0.0847. The number of phenols is 1. The molecule has 1 N–H and O–H groups in total. The summed E-state index contributed by atoms with van der Waals surface area (Å²) in [7, 11) is 4.83. The summed E-state index contributed by atoms with van der Waals surface area (Å²) in [4.78, 5) is 0. The van der Waals surface area contributed by atoms with Crippen LogP contribution in [-0.2, 0) is 35.2 Å². The number of ether oxygens (including phenoxy) is 8. The summed E-state index contributed by atoms with van der Waals surface area (Å²) in [6, 6.07) is 11.6. The molecule has 0 spiro atoms. The average Bonchev–Trinajstić information content (AvgIpc) is 3.04. The summed E-state index contributed by atoms with van der Waals surface area (Å²) in [5.41, 5.74) is 1.34. The van der Waals surface area contributed by atoms with Crippen LogP contribution in [0.2, 0.25) is 5.02 Å². The topological polar surface area (TPSA) is 94.1 Å². The number of benzene rings is 3. The van der Waals surface area contributed by atoms with Gasteiger partial charge in [0, 0.05) is 51.8 Å². The van der Waals surface area contributed by atoms with E-state index in [1.807, 2.05) is 36.4 Å². The molecular formula is C40H58ClO9P. The van der Waals surface area contributed by atoms with Crippen molar-refractivity contribution in [2.75, 3.05) is 68.5 Å². The van der Waals surface area contributed by atoms with Gasteiger partial charge < -0.3 is 43.0 Å². The van der Waals surface area contributed by atoms with E-state index in [1.54, 1.807) is 28.4 Å². The standard InChI is InChI=1S/C40H58ClO9P/c1-38(2,3)29-18-26(41)19-32(35(29)42)51(33-22-27(45-12)20-30(39(4,5)6)36(33)49-24-47-16-14-43-10)34-23-28(46-13)21-31(40(7,8)9)37(34)50-25-48-17-15-44-11/h18-23,42H,14-17,24-25H2,1-13H3. The minimum atomic E-state index is -1.72. The van der Waals surface area contributed by atoms with Gasteiger partial charge in [-0.05, 0) is 60.6 Å². The minimum Gasteiger partial charge on any atom is -0.507 e. The van der Waals surface area contributed by atoms with Crippen LogP contribution >= 0.6 is 19.5 Å². The third-order valence-electron chi connectivity index (χ3n) is 8.20. The van der Waals surface area contributed by atoms with E-state index in [1.165, 1.54) is 0 Å². The molecule has 0 heterocycles. The van der Waals surface area contributed by atoms with Gasteiger partial charge in [0.2, 0.25) is 0 Å². The van der Waals surface area contributed by atoms with Gasteiger partial charge in [-0.25, -0.2) is 0 Å². The molecule has 51 heavy (non-hydrogen) atoms. The van der Waals surface area contributed by atoms with Crippen molar-refractivity contribution in [1.29, 1.82) is 0 Å². The van der Waals surface area contributed by atoms with Crippen molar-refractivity contribution in [3.05, 3.63) is 58.1 Å². The summed E-state index contributed by atoms with van der Waals surface area (Å²) >= 11 is 6.94. The Morgan fingerprint density at radius 2 is 0.961 bits per heavy atom. The summed E-state index contributed by atoms with van der Waals surface area (Å²) < 4.78 is 47.2. The molecule has 0 aromatic heterocycles. The van der Waals surface area contributed by atoms with Crippen molar-refractivity contribution in [1.82, 2.24) is 0 Å². The van der Waals surface area contributed by atoms with Crippen LogP contribution in [0, 0.1) is 0 Å². The molecule has 0 amide bonds. The Hall–Kier alpha value is -2.78. The Labute approximate surface area is 311 Å². The van der Waals surface area contributed by atoms with E-state index >= 15 is 0 Å². The molecule has 0 saturated heterocycles. The zero-order valence-corrected chi connectivity index (χ0v) is 34.4. The third-order valence-corrected chi connectivity index (χ3v) is 10.9. The molecule has 9 nitrogen and oxygen atoms in total. The first-order valence-corrected chi connectivity index (χ1v) is 18.8. The summed E-state index contributed by atoms with van der Waals surface area (Å²) in [5, 5.41) is 15.0. The number of rotatable bonds is 17. The van der Waals surface area contributed by atoms with Crippen LogP contribution in [0.4, 0.5) is 0 Å². The minimum absolute atomic E-state index is 0.0221. The highest BCUT2D eigenvalue weighted by Gasteiger charge is 2.36. The van der Waals surface area contributed by atoms with Crippen LogP contribution in [0.5, 0.6) is 28.7 Å². The monoisotopic (exact) mass is 748 g/mol. The molecule has 0 bridgehead atoms. The SMILES string of the molecule is COCCOCOc1c(P(c2cc(Cl)cc(C(C)(C)C)c2O)c2cc(OC)cc(C(C)(C)C)c2OCOCCOC)cc(OC)cc1C(C)(C)C. The van der Waals surface area contributed by atoms with Gasteiger partial charge in [0.25, 0.3) is 0 Å². The first kappa shape index (κ1) is 42.6. The lowest BCUT2D eigenvalue weighted by atomic mass is 9.86. The normalized spacial score (nSPS) is 12.4. The van der Waals surface area contributed by atoms with Crippen LogP contribution in [0.1, 0.15) is 79.0 Å². The van der Waals surface area contributed by atoms with Gasteiger partial charge in [-0.15, -0.1) is 0 Å². The highest BCUT2D eigenvalue weighted by molar-refractivity contribution is 7.80. The molecule has 0 radical (unpaired) electrons. The number of hydrogen-bond acceptors (Lipinski definition) is 9. The van der Waals surface area contributed by atoms with Gasteiger partial charge >= 0.3 is 0 Å². The summed E-state index contributed by atoms with van der Waals surface area (Å²) in [6.45, 7) is 20.4. The largest absolute Gasteiger partial charge is 0.507 e. The maximum absolute atomic E-state index is 12.3. The molecule has 0 aliphatic rings. The number of halogens is 1. The molecule has 11 heteroatoms. The Morgan fingerprint density at radius 1 is 0.549 bits per heavy atom. The van der Waals surface area contributed by atoms with Crippen LogP contribution in [-0.4, -0.2) is 73.6 Å². The second-order valence-electron chi connectivity index (χ2n) is 15.3.